The van der Waals surface area contributed by atoms with Crippen molar-refractivity contribution >= 4 is 10.0 Å². The highest BCUT2D eigenvalue weighted by Gasteiger charge is 2.37. The van der Waals surface area contributed by atoms with Crippen molar-refractivity contribution in [2.24, 2.45) is 11.8 Å². The first kappa shape index (κ1) is 9.43. The minimum absolute atomic E-state index is 0.545. The molecule has 0 aliphatic carbocycles. The molecule has 0 spiro atoms. The molecule has 2 rings (SSSR count). The van der Waals surface area contributed by atoms with Crippen LogP contribution in [0.15, 0.2) is 0 Å². The predicted octanol–water partition coefficient (Wildman–Crippen LogP) is -0.513. The van der Waals surface area contributed by atoms with Gasteiger partial charge in [-0.3, -0.25) is 0 Å². The molecule has 0 bridgehead atoms. The van der Waals surface area contributed by atoms with Gasteiger partial charge in [0.1, 0.15) is 0 Å². The summed E-state index contributed by atoms with van der Waals surface area (Å²) < 4.78 is 24.2. The fraction of sp³-hybridized carbons (Fsp3) is 1.00. The Labute approximate surface area is 79.4 Å². The van der Waals surface area contributed by atoms with Crippen LogP contribution in [0.25, 0.3) is 0 Å². The minimum Gasteiger partial charge on any atom is -0.316 e. The Balaban J connectivity index is 2.07. The molecule has 4 nitrogen and oxygen atoms in total. The van der Waals surface area contributed by atoms with Crippen LogP contribution in [0.3, 0.4) is 0 Å². The van der Waals surface area contributed by atoms with Gasteiger partial charge in [0.15, 0.2) is 0 Å². The summed E-state index contributed by atoms with van der Waals surface area (Å²) in [6.45, 7) is 3.48. The van der Waals surface area contributed by atoms with Crippen LogP contribution in [-0.2, 0) is 10.0 Å². The van der Waals surface area contributed by atoms with Crippen molar-refractivity contribution in [1.29, 1.82) is 0 Å². The van der Waals surface area contributed by atoms with E-state index in [4.69, 9.17) is 0 Å². The summed E-state index contributed by atoms with van der Waals surface area (Å²) in [5.41, 5.74) is 0. The van der Waals surface area contributed by atoms with Gasteiger partial charge in [0, 0.05) is 13.1 Å². The van der Waals surface area contributed by atoms with Crippen LogP contribution in [0.1, 0.15) is 6.42 Å². The van der Waals surface area contributed by atoms with E-state index in [9.17, 15) is 8.42 Å². The first-order valence-electron chi connectivity index (χ1n) is 4.73. The van der Waals surface area contributed by atoms with Gasteiger partial charge in [-0.15, -0.1) is 0 Å². The zero-order valence-electron chi connectivity index (χ0n) is 7.86. The van der Waals surface area contributed by atoms with Crippen molar-refractivity contribution in [3.05, 3.63) is 0 Å². The molecule has 2 saturated heterocycles. The van der Waals surface area contributed by atoms with E-state index in [1.807, 2.05) is 0 Å². The summed E-state index contributed by atoms with van der Waals surface area (Å²) in [4.78, 5) is 0. The molecule has 2 aliphatic heterocycles. The molecule has 1 N–H and O–H groups in total. The fourth-order valence-electron chi connectivity index (χ4n) is 2.30. The van der Waals surface area contributed by atoms with Gasteiger partial charge in [0.2, 0.25) is 10.0 Å². The zero-order valence-corrected chi connectivity index (χ0v) is 8.68. The molecule has 2 aliphatic rings. The second-order valence-corrected chi connectivity index (χ2v) is 6.08. The standard InChI is InChI=1S/C8H16N2O2S/c1-13(11,12)10-5-7-2-3-9-4-8(7)6-10/h7-9H,2-6H2,1H3. The molecule has 0 aromatic heterocycles. The molecule has 2 fully saturated rings. The molecule has 2 unspecified atom stereocenters. The Morgan fingerprint density at radius 3 is 2.62 bits per heavy atom. The first-order chi connectivity index (χ1) is 6.07. The van der Waals surface area contributed by atoms with Crippen molar-refractivity contribution in [2.45, 2.75) is 6.42 Å². The van der Waals surface area contributed by atoms with Gasteiger partial charge in [-0.2, -0.15) is 0 Å². The molecule has 13 heavy (non-hydrogen) atoms. The average molecular weight is 204 g/mol. The number of nitrogens with zero attached hydrogens (tertiary/aromatic N) is 1. The molecule has 5 heteroatoms. The van der Waals surface area contributed by atoms with Gasteiger partial charge in [-0.1, -0.05) is 0 Å². The van der Waals surface area contributed by atoms with Crippen LogP contribution in [0.4, 0.5) is 0 Å². The third-order valence-corrected chi connectivity index (χ3v) is 4.35. The number of hydrogen-bond donors (Lipinski definition) is 1. The number of fused-ring (bicyclic) bond motifs is 1. The molecule has 0 saturated carbocycles. The summed E-state index contributed by atoms with van der Waals surface area (Å²) in [5, 5.41) is 3.31. The highest BCUT2D eigenvalue weighted by molar-refractivity contribution is 7.88. The van der Waals surface area contributed by atoms with Crippen LogP contribution in [0, 0.1) is 11.8 Å². The third-order valence-electron chi connectivity index (χ3n) is 3.11. The van der Waals surface area contributed by atoms with Crippen molar-refractivity contribution in [3.63, 3.8) is 0 Å². The molecule has 2 heterocycles. The van der Waals surface area contributed by atoms with Gasteiger partial charge in [-0.25, -0.2) is 12.7 Å². The third kappa shape index (κ3) is 1.87. The lowest BCUT2D eigenvalue weighted by molar-refractivity contribution is 0.318. The summed E-state index contributed by atoms with van der Waals surface area (Å²) in [6, 6.07) is 0. The number of rotatable bonds is 1. The van der Waals surface area contributed by atoms with Crippen molar-refractivity contribution in [3.8, 4) is 0 Å². The van der Waals surface area contributed by atoms with Gasteiger partial charge in [0.05, 0.1) is 6.26 Å². The van der Waals surface area contributed by atoms with Gasteiger partial charge >= 0.3 is 0 Å². The van der Waals surface area contributed by atoms with E-state index in [0.29, 0.717) is 11.8 Å². The number of piperidine rings is 1. The van der Waals surface area contributed by atoms with Crippen LogP contribution in [0.5, 0.6) is 0 Å². The van der Waals surface area contributed by atoms with E-state index in [1.54, 1.807) is 4.31 Å². The summed E-state index contributed by atoms with van der Waals surface area (Å²) in [7, 11) is -2.96. The molecule has 0 aromatic rings. The topological polar surface area (TPSA) is 49.4 Å². The lowest BCUT2D eigenvalue weighted by Gasteiger charge is -2.24. The number of nitrogens with one attached hydrogen (secondary N) is 1. The highest BCUT2D eigenvalue weighted by atomic mass is 32.2. The van der Waals surface area contributed by atoms with E-state index in [-0.39, 0.29) is 0 Å². The normalized spacial score (nSPS) is 36.1. The smallest absolute Gasteiger partial charge is 0.211 e. The van der Waals surface area contributed by atoms with Crippen molar-refractivity contribution < 1.29 is 8.42 Å². The van der Waals surface area contributed by atoms with Crippen LogP contribution < -0.4 is 5.32 Å². The molecule has 0 amide bonds. The highest BCUT2D eigenvalue weighted by Crippen LogP contribution is 2.29. The van der Waals surface area contributed by atoms with Gasteiger partial charge in [-0.05, 0) is 31.3 Å². The van der Waals surface area contributed by atoms with Crippen molar-refractivity contribution in [2.75, 3.05) is 32.4 Å². The molecule has 2 atom stereocenters. The number of hydrogen-bond acceptors (Lipinski definition) is 3. The maximum atomic E-state index is 11.3. The summed E-state index contributed by atoms with van der Waals surface area (Å²) in [5.74, 6) is 1.14. The fourth-order valence-corrected chi connectivity index (χ4v) is 3.22. The second kappa shape index (κ2) is 3.22. The van der Waals surface area contributed by atoms with Crippen LogP contribution >= 0.6 is 0 Å². The summed E-state index contributed by atoms with van der Waals surface area (Å²) >= 11 is 0. The monoisotopic (exact) mass is 204 g/mol. The van der Waals surface area contributed by atoms with E-state index in [1.165, 1.54) is 6.26 Å². The Kier molecular flexibility index (Phi) is 2.33. The minimum atomic E-state index is -2.96. The molecular weight excluding hydrogens is 188 g/mol. The van der Waals surface area contributed by atoms with E-state index in [2.05, 4.69) is 5.32 Å². The van der Waals surface area contributed by atoms with Crippen molar-refractivity contribution in [1.82, 2.24) is 9.62 Å². The Morgan fingerprint density at radius 1 is 1.31 bits per heavy atom. The lowest BCUT2D eigenvalue weighted by Crippen LogP contribution is -2.35. The Morgan fingerprint density at radius 2 is 2.00 bits per heavy atom. The molecule has 76 valence electrons. The Hall–Kier alpha value is -0.130. The molecule has 0 radical (unpaired) electrons. The largest absolute Gasteiger partial charge is 0.316 e. The Bertz CT molecular complexity index is 275. The maximum absolute atomic E-state index is 11.3. The van der Waals surface area contributed by atoms with E-state index < -0.39 is 10.0 Å². The quantitative estimate of drug-likeness (QED) is 0.626. The lowest BCUT2D eigenvalue weighted by atomic mass is 9.90. The van der Waals surface area contributed by atoms with Crippen LogP contribution in [0.2, 0.25) is 0 Å². The van der Waals surface area contributed by atoms with Crippen LogP contribution in [-0.4, -0.2) is 45.2 Å². The first-order valence-corrected chi connectivity index (χ1v) is 6.58. The second-order valence-electron chi connectivity index (χ2n) is 4.09. The summed E-state index contributed by atoms with van der Waals surface area (Å²) in [6.07, 6.45) is 2.43. The molecule has 0 aromatic carbocycles. The van der Waals surface area contributed by atoms with E-state index >= 15 is 0 Å². The SMILES string of the molecule is CS(=O)(=O)N1CC2CCNCC2C1. The average Bonchev–Trinajstić information content (AvgIpc) is 2.45. The van der Waals surface area contributed by atoms with Gasteiger partial charge < -0.3 is 5.32 Å². The maximum Gasteiger partial charge on any atom is 0.211 e. The number of sulfonamides is 1. The molecular formula is C8H16N2O2S. The van der Waals surface area contributed by atoms with E-state index in [0.717, 1.165) is 32.6 Å². The predicted molar refractivity (Wildman–Crippen MR) is 50.9 cm³/mol. The zero-order chi connectivity index (χ0) is 9.47. The van der Waals surface area contributed by atoms with Gasteiger partial charge in [0.25, 0.3) is 0 Å².